The lowest BCUT2D eigenvalue weighted by atomic mass is 10.2. The number of aryl methyl sites for hydroxylation is 1. The van der Waals surface area contributed by atoms with Crippen LogP contribution in [0, 0.1) is 6.92 Å². The molecule has 0 unspecified atom stereocenters. The topological polar surface area (TPSA) is 93.7 Å². The molecule has 0 spiro atoms. The Morgan fingerprint density at radius 3 is 2.21 bits per heavy atom. The summed E-state index contributed by atoms with van der Waals surface area (Å²) >= 11 is 0. The van der Waals surface area contributed by atoms with E-state index in [0.29, 0.717) is 11.4 Å². The fourth-order valence-electron chi connectivity index (χ4n) is 2.31. The number of anilines is 2. The molecule has 2 aromatic carbocycles. The summed E-state index contributed by atoms with van der Waals surface area (Å²) in [6.07, 6.45) is -1.62. The van der Waals surface area contributed by atoms with E-state index in [1.807, 2.05) is 19.1 Å². The van der Waals surface area contributed by atoms with Crippen LogP contribution in [0.15, 0.2) is 48.5 Å². The zero-order valence-electron chi connectivity index (χ0n) is 17.2. The molecule has 1 atom stereocenters. The van der Waals surface area contributed by atoms with Crippen LogP contribution in [0.5, 0.6) is 0 Å². The van der Waals surface area contributed by atoms with E-state index in [-0.39, 0.29) is 5.56 Å². The molecule has 29 heavy (non-hydrogen) atoms. The van der Waals surface area contributed by atoms with Gasteiger partial charge in [-0.15, -0.1) is 0 Å². The molecule has 0 radical (unpaired) electrons. The lowest BCUT2D eigenvalue weighted by molar-refractivity contribution is -0.123. The fraction of sp³-hybridized carbons (Fsp3) is 0.318. The van der Waals surface area contributed by atoms with Gasteiger partial charge in [-0.2, -0.15) is 0 Å². The summed E-state index contributed by atoms with van der Waals surface area (Å²) in [6.45, 7) is 8.70. The van der Waals surface area contributed by atoms with Gasteiger partial charge >= 0.3 is 12.1 Å². The highest BCUT2D eigenvalue weighted by Gasteiger charge is 2.20. The molecule has 0 saturated carbocycles. The van der Waals surface area contributed by atoms with Crippen molar-refractivity contribution in [3.8, 4) is 0 Å². The van der Waals surface area contributed by atoms with Gasteiger partial charge in [0, 0.05) is 11.4 Å². The minimum absolute atomic E-state index is 0.202. The van der Waals surface area contributed by atoms with Gasteiger partial charge in [-0.05, 0) is 65.0 Å². The SMILES string of the molecule is Cc1ccc(NC(=O)[C@@H](C)OC(=O)c2cccc(NC(=O)OC(C)(C)C)c2)cc1. The van der Waals surface area contributed by atoms with Gasteiger partial charge in [-0.1, -0.05) is 23.8 Å². The molecule has 0 bridgehead atoms. The monoisotopic (exact) mass is 398 g/mol. The summed E-state index contributed by atoms with van der Waals surface area (Å²) in [4.78, 5) is 36.5. The molecular weight excluding hydrogens is 372 g/mol. The number of carbonyl (C=O) groups is 3. The molecular formula is C22H26N2O5. The highest BCUT2D eigenvalue weighted by Crippen LogP contribution is 2.15. The number of amides is 2. The molecule has 0 aliphatic carbocycles. The van der Waals surface area contributed by atoms with Crippen LogP contribution < -0.4 is 10.6 Å². The molecule has 154 valence electrons. The van der Waals surface area contributed by atoms with E-state index in [1.54, 1.807) is 45.0 Å². The molecule has 0 aromatic heterocycles. The number of hydrogen-bond acceptors (Lipinski definition) is 5. The molecule has 0 aliphatic rings. The van der Waals surface area contributed by atoms with Crippen LogP contribution in [0.3, 0.4) is 0 Å². The molecule has 2 aromatic rings. The molecule has 2 rings (SSSR count). The van der Waals surface area contributed by atoms with Crippen molar-refractivity contribution < 1.29 is 23.9 Å². The molecule has 0 aliphatic heterocycles. The lowest BCUT2D eigenvalue weighted by Crippen LogP contribution is -2.30. The van der Waals surface area contributed by atoms with Crippen LogP contribution in [0.2, 0.25) is 0 Å². The van der Waals surface area contributed by atoms with Crippen molar-refractivity contribution in [2.75, 3.05) is 10.6 Å². The zero-order valence-corrected chi connectivity index (χ0v) is 17.2. The van der Waals surface area contributed by atoms with Crippen LogP contribution in [-0.4, -0.2) is 29.7 Å². The Kier molecular flexibility index (Phi) is 6.98. The molecule has 2 N–H and O–H groups in total. The minimum Gasteiger partial charge on any atom is -0.449 e. The Bertz CT molecular complexity index is 885. The van der Waals surface area contributed by atoms with Crippen LogP contribution in [-0.2, 0) is 14.3 Å². The smallest absolute Gasteiger partial charge is 0.412 e. The first-order chi connectivity index (χ1) is 13.5. The van der Waals surface area contributed by atoms with Gasteiger partial charge in [-0.3, -0.25) is 10.1 Å². The zero-order chi connectivity index (χ0) is 21.6. The molecule has 7 nitrogen and oxygen atoms in total. The summed E-state index contributed by atoms with van der Waals surface area (Å²) in [7, 11) is 0. The second-order valence-electron chi connectivity index (χ2n) is 7.61. The average Bonchev–Trinajstić information content (AvgIpc) is 2.62. The van der Waals surface area contributed by atoms with E-state index in [2.05, 4.69) is 10.6 Å². The van der Waals surface area contributed by atoms with Gasteiger partial charge in [0.25, 0.3) is 5.91 Å². The van der Waals surface area contributed by atoms with E-state index >= 15 is 0 Å². The normalized spacial score (nSPS) is 11.9. The number of carbonyl (C=O) groups excluding carboxylic acids is 3. The standard InChI is InChI=1S/C22H26N2O5/c1-14-9-11-17(12-10-14)23-19(25)15(2)28-20(26)16-7-6-8-18(13-16)24-21(27)29-22(3,4)5/h6-13,15H,1-5H3,(H,23,25)(H,24,27)/t15-/m1/s1. The number of esters is 1. The number of nitrogens with one attached hydrogen (secondary N) is 2. The quantitative estimate of drug-likeness (QED) is 0.722. The first-order valence-corrected chi connectivity index (χ1v) is 9.22. The van der Waals surface area contributed by atoms with E-state index < -0.39 is 29.7 Å². The summed E-state index contributed by atoms with van der Waals surface area (Å²) < 4.78 is 10.4. The third-order valence-corrected chi connectivity index (χ3v) is 3.72. The molecule has 7 heteroatoms. The highest BCUT2D eigenvalue weighted by atomic mass is 16.6. The van der Waals surface area contributed by atoms with Crippen molar-refractivity contribution in [3.05, 3.63) is 59.7 Å². The average molecular weight is 398 g/mol. The van der Waals surface area contributed by atoms with E-state index in [0.717, 1.165) is 5.56 Å². The number of benzene rings is 2. The Morgan fingerprint density at radius 1 is 0.931 bits per heavy atom. The van der Waals surface area contributed by atoms with Crippen molar-refractivity contribution in [1.82, 2.24) is 0 Å². The van der Waals surface area contributed by atoms with Gasteiger partial charge in [0.2, 0.25) is 0 Å². The Balaban J connectivity index is 1.96. The van der Waals surface area contributed by atoms with Crippen LogP contribution in [0.25, 0.3) is 0 Å². The minimum atomic E-state index is -0.994. The van der Waals surface area contributed by atoms with Crippen molar-refractivity contribution in [2.45, 2.75) is 46.3 Å². The number of rotatable bonds is 5. The Labute approximate surface area is 170 Å². The third-order valence-electron chi connectivity index (χ3n) is 3.72. The third kappa shape index (κ3) is 7.29. The van der Waals surface area contributed by atoms with Gasteiger partial charge < -0.3 is 14.8 Å². The lowest BCUT2D eigenvalue weighted by Gasteiger charge is -2.19. The molecule has 0 fully saturated rings. The largest absolute Gasteiger partial charge is 0.449 e. The van der Waals surface area contributed by atoms with E-state index in [4.69, 9.17) is 9.47 Å². The van der Waals surface area contributed by atoms with Crippen LogP contribution in [0.1, 0.15) is 43.6 Å². The van der Waals surface area contributed by atoms with E-state index in [9.17, 15) is 14.4 Å². The first kappa shape index (κ1) is 21.9. The fourth-order valence-corrected chi connectivity index (χ4v) is 2.31. The first-order valence-electron chi connectivity index (χ1n) is 9.22. The van der Waals surface area contributed by atoms with Crippen molar-refractivity contribution >= 4 is 29.3 Å². The maximum atomic E-state index is 12.4. The summed E-state index contributed by atoms with van der Waals surface area (Å²) in [6, 6.07) is 13.5. The van der Waals surface area contributed by atoms with Crippen molar-refractivity contribution in [1.29, 1.82) is 0 Å². The van der Waals surface area contributed by atoms with Gasteiger partial charge in [0.15, 0.2) is 6.10 Å². The van der Waals surface area contributed by atoms with Crippen LogP contribution in [0.4, 0.5) is 16.2 Å². The molecule has 0 saturated heterocycles. The number of hydrogen-bond donors (Lipinski definition) is 2. The second kappa shape index (κ2) is 9.23. The highest BCUT2D eigenvalue weighted by molar-refractivity contribution is 5.98. The summed E-state index contributed by atoms with van der Waals surface area (Å²) in [5.74, 6) is -1.12. The van der Waals surface area contributed by atoms with Gasteiger partial charge in [0.05, 0.1) is 5.56 Å². The van der Waals surface area contributed by atoms with Gasteiger partial charge in [-0.25, -0.2) is 9.59 Å². The predicted octanol–water partition coefficient (Wildman–Crippen LogP) is 4.53. The summed E-state index contributed by atoms with van der Waals surface area (Å²) in [5, 5.41) is 5.25. The van der Waals surface area contributed by atoms with Gasteiger partial charge in [0.1, 0.15) is 5.60 Å². The second-order valence-corrected chi connectivity index (χ2v) is 7.61. The molecule has 0 heterocycles. The van der Waals surface area contributed by atoms with Crippen molar-refractivity contribution in [3.63, 3.8) is 0 Å². The maximum absolute atomic E-state index is 12.4. The predicted molar refractivity (Wildman–Crippen MR) is 111 cm³/mol. The van der Waals surface area contributed by atoms with Crippen molar-refractivity contribution in [2.24, 2.45) is 0 Å². The Morgan fingerprint density at radius 2 is 1.59 bits per heavy atom. The maximum Gasteiger partial charge on any atom is 0.412 e. The van der Waals surface area contributed by atoms with Crippen LogP contribution >= 0.6 is 0 Å². The Hall–Kier alpha value is -3.35. The summed E-state index contributed by atoms with van der Waals surface area (Å²) in [5.41, 5.74) is 1.63. The van der Waals surface area contributed by atoms with E-state index in [1.165, 1.54) is 19.1 Å². The molecule has 2 amide bonds. The number of ether oxygens (including phenoxy) is 2.